The zero-order chi connectivity index (χ0) is 27.5. The standard InChI is InChI=1S/C26H28N2O6S2Si/c1-7-37(6)24-14-17(27(2)3)8-11-21(24)26(22-12-9-18(28(4)5)15-25(22)37)20-13-10-19(35(29,30)31)16-23(20)36(32,33)34/h7-16H,1H2,2-6H3,(H-,29,30,31,32,33,34)/p+1. The fraction of sp³-hybridized carbons (Fsp3) is 0.192. The number of allylic oxidation sites excluding steroid dienone is 5. The molecule has 0 spiro atoms. The molecule has 2 aromatic rings. The maximum absolute atomic E-state index is 12.5. The quantitative estimate of drug-likeness (QED) is 0.330. The van der Waals surface area contributed by atoms with Crippen LogP contribution >= 0.6 is 0 Å². The highest BCUT2D eigenvalue weighted by atomic mass is 32.2. The van der Waals surface area contributed by atoms with E-state index in [-0.39, 0.29) is 5.56 Å². The van der Waals surface area contributed by atoms with Gasteiger partial charge in [-0.25, -0.2) is 4.58 Å². The van der Waals surface area contributed by atoms with Crippen LogP contribution in [0.1, 0.15) is 11.1 Å². The van der Waals surface area contributed by atoms with Gasteiger partial charge >= 0.3 is 0 Å². The van der Waals surface area contributed by atoms with Crippen molar-refractivity contribution in [3.63, 3.8) is 0 Å². The Balaban J connectivity index is 2.21. The Hall–Kier alpha value is -3.09. The summed E-state index contributed by atoms with van der Waals surface area (Å²) in [5.74, 6) is 0. The van der Waals surface area contributed by atoms with Crippen molar-refractivity contribution in [3.05, 3.63) is 88.8 Å². The van der Waals surface area contributed by atoms with E-state index >= 15 is 0 Å². The zero-order valence-electron chi connectivity index (χ0n) is 21.2. The number of rotatable bonds is 5. The Morgan fingerprint density at radius 3 is 2.14 bits per heavy atom. The molecule has 1 unspecified atom stereocenters. The van der Waals surface area contributed by atoms with Crippen LogP contribution in [0.4, 0.5) is 5.69 Å². The molecule has 0 amide bonds. The molecule has 37 heavy (non-hydrogen) atoms. The maximum atomic E-state index is 12.5. The average Bonchev–Trinajstić information content (AvgIpc) is 2.82. The van der Waals surface area contributed by atoms with Crippen LogP contribution in [-0.2, 0) is 20.2 Å². The van der Waals surface area contributed by atoms with Crippen LogP contribution in [0.3, 0.4) is 0 Å². The van der Waals surface area contributed by atoms with E-state index < -0.39 is 38.1 Å². The summed E-state index contributed by atoms with van der Waals surface area (Å²) in [6.45, 7) is 6.37. The number of anilines is 1. The van der Waals surface area contributed by atoms with Gasteiger partial charge in [0, 0.05) is 37.5 Å². The minimum absolute atomic E-state index is 0.132. The van der Waals surface area contributed by atoms with Crippen molar-refractivity contribution >= 4 is 50.5 Å². The predicted molar refractivity (Wildman–Crippen MR) is 149 cm³/mol. The van der Waals surface area contributed by atoms with Gasteiger partial charge in [0.25, 0.3) is 20.2 Å². The summed E-state index contributed by atoms with van der Waals surface area (Å²) in [7, 11) is -4.38. The van der Waals surface area contributed by atoms with Crippen LogP contribution in [-0.4, -0.2) is 72.5 Å². The molecule has 11 heteroatoms. The zero-order valence-corrected chi connectivity index (χ0v) is 23.9. The number of nitrogens with zero attached hydrogens (tertiary/aromatic N) is 2. The van der Waals surface area contributed by atoms with E-state index in [1.165, 1.54) is 6.07 Å². The van der Waals surface area contributed by atoms with Crippen LogP contribution in [0.2, 0.25) is 6.55 Å². The molecule has 0 saturated heterocycles. The third-order valence-electron chi connectivity index (χ3n) is 6.90. The lowest BCUT2D eigenvalue weighted by atomic mass is 9.89. The first-order valence-electron chi connectivity index (χ1n) is 11.3. The van der Waals surface area contributed by atoms with Gasteiger partial charge in [0.2, 0.25) is 0 Å². The average molecular weight is 558 g/mol. The maximum Gasteiger partial charge on any atom is 0.295 e. The van der Waals surface area contributed by atoms with E-state index in [0.717, 1.165) is 45.1 Å². The van der Waals surface area contributed by atoms with Gasteiger partial charge in [-0.1, -0.05) is 24.4 Å². The fourth-order valence-corrected chi connectivity index (χ4v) is 9.27. The van der Waals surface area contributed by atoms with E-state index in [1.54, 1.807) is 0 Å². The van der Waals surface area contributed by atoms with E-state index in [9.17, 15) is 25.9 Å². The van der Waals surface area contributed by atoms with Gasteiger partial charge in [-0.15, -0.1) is 6.58 Å². The molecule has 2 aliphatic rings. The highest BCUT2D eigenvalue weighted by Crippen LogP contribution is 2.44. The fourth-order valence-electron chi connectivity index (χ4n) is 4.80. The summed E-state index contributed by atoms with van der Waals surface area (Å²) < 4.78 is 70.2. The third-order valence-corrected chi connectivity index (χ3v) is 12.5. The lowest BCUT2D eigenvalue weighted by Crippen LogP contribution is -2.51. The molecule has 2 aromatic carbocycles. The summed E-state index contributed by atoms with van der Waals surface area (Å²) in [6.07, 6.45) is 5.92. The molecule has 1 heterocycles. The first-order valence-corrected chi connectivity index (χ1v) is 16.8. The summed E-state index contributed by atoms with van der Waals surface area (Å²) >= 11 is 0. The smallest absolute Gasteiger partial charge is 0.295 e. The Morgan fingerprint density at radius 2 is 1.59 bits per heavy atom. The molecule has 2 N–H and O–H groups in total. The number of hydrogen-bond acceptors (Lipinski definition) is 5. The van der Waals surface area contributed by atoms with Crippen LogP contribution in [0.25, 0.3) is 5.57 Å². The van der Waals surface area contributed by atoms with Gasteiger partial charge in [-0.05, 0) is 57.4 Å². The van der Waals surface area contributed by atoms with E-state index in [0.29, 0.717) is 5.57 Å². The summed E-state index contributed by atoms with van der Waals surface area (Å²) in [4.78, 5) is 0.748. The Kier molecular flexibility index (Phi) is 6.58. The highest BCUT2D eigenvalue weighted by molar-refractivity contribution is 7.86. The largest absolute Gasteiger partial charge is 0.378 e. The topological polar surface area (TPSA) is 115 Å². The number of fused-ring (bicyclic) bond motifs is 2. The van der Waals surface area contributed by atoms with E-state index in [2.05, 4.69) is 25.3 Å². The molecular weight excluding hydrogens is 529 g/mol. The Labute approximate surface area is 218 Å². The van der Waals surface area contributed by atoms with Crippen LogP contribution in [0.15, 0.2) is 87.5 Å². The lowest BCUT2D eigenvalue weighted by molar-refractivity contribution is -0.462. The molecular formula is C26H29N2O6S2Si+. The van der Waals surface area contributed by atoms with Crippen molar-refractivity contribution in [1.82, 2.24) is 0 Å². The van der Waals surface area contributed by atoms with Crippen molar-refractivity contribution in [2.75, 3.05) is 33.1 Å². The molecule has 1 aliphatic heterocycles. The monoisotopic (exact) mass is 557 g/mol. The first-order chi connectivity index (χ1) is 17.1. The number of benzene rings is 2. The van der Waals surface area contributed by atoms with Crippen molar-refractivity contribution in [1.29, 1.82) is 0 Å². The molecule has 194 valence electrons. The van der Waals surface area contributed by atoms with Crippen LogP contribution in [0, 0.1) is 0 Å². The molecule has 0 saturated carbocycles. The van der Waals surface area contributed by atoms with Gasteiger partial charge in [-0.3, -0.25) is 9.11 Å². The van der Waals surface area contributed by atoms with Gasteiger partial charge in [0.15, 0.2) is 5.71 Å². The normalized spacial score (nSPS) is 19.2. The van der Waals surface area contributed by atoms with Gasteiger partial charge in [-0.2, -0.15) is 16.8 Å². The third kappa shape index (κ3) is 4.57. The molecule has 0 bridgehead atoms. The number of hydrogen-bond donors (Lipinski definition) is 2. The van der Waals surface area contributed by atoms with Crippen molar-refractivity contribution < 1.29 is 30.5 Å². The summed E-state index contributed by atoms with van der Waals surface area (Å²) in [6, 6.07) is 9.15. The minimum Gasteiger partial charge on any atom is -0.378 e. The summed E-state index contributed by atoms with van der Waals surface area (Å²) in [5.41, 5.74) is 6.13. The van der Waals surface area contributed by atoms with Gasteiger partial charge in [0.05, 0.1) is 4.90 Å². The van der Waals surface area contributed by atoms with Gasteiger partial charge < -0.3 is 4.90 Å². The van der Waals surface area contributed by atoms with E-state index in [4.69, 9.17) is 0 Å². The molecule has 0 radical (unpaired) electrons. The molecule has 4 rings (SSSR count). The van der Waals surface area contributed by atoms with Crippen LogP contribution < -0.4 is 10.1 Å². The highest BCUT2D eigenvalue weighted by Gasteiger charge is 2.42. The first kappa shape index (κ1) is 27.0. The summed E-state index contributed by atoms with van der Waals surface area (Å²) in [5, 5.41) is 2.01. The Morgan fingerprint density at radius 1 is 0.946 bits per heavy atom. The van der Waals surface area contributed by atoms with Gasteiger partial charge in [0.1, 0.15) is 27.1 Å². The molecule has 1 aliphatic carbocycles. The van der Waals surface area contributed by atoms with Crippen molar-refractivity contribution in [2.24, 2.45) is 0 Å². The molecule has 8 nitrogen and oxygen atoms in total. The van der Waals surface area contributed by atoms with Crippen molar-refractivity contribution in [2.45, 2.75) is 16.3 Å². The second-order valence-corrected chi connectivity index (χ2v) is 16.3. The molecule has 0 aromatic heterocycles. The SMILES string of the molecule is C=C[Si]1(C)C2=CC(=[N+](C)C)C=CC2=C(c2ccc(S(=O)(=O)O)cc2S(=O)(=O)O)c2ccc(N(C)C)cc21. The second-order valence-electron chi connectivity index (χ2n) is 9.64. The second kappa shape index (κ2) is 9.03. The van der Waals surface area contributed by atoms with E-state index in [1.807, 2.05) is 67.7 Å². The van der Waals surface area contributed by atoms with Crippen LogP contribution in [0.5, 0.6) is 0 Å². The predicted octanol–water partition coefficient (Wildman–Crippen LogP) is 2.82. The lowest BCUT2D eigenvalue weighted by Gasteiger charge is -2.38. The molecule has 1 atom stereocenters. The molecule has 0 fully saturated rings. The Bertz CT molecular complexity index is 1700. The minimum atomic E-state index is -4.87. The van der Waals surface area contributed by atoms with Crippen molar-refractivity contribution in [3.8, 4) is 0 Å².